The summed E-state index contributed by atoms with van der Waals surface area (Å²) in [5, 5.41) is 19.5. The number of carboxylic acid groups (broad SMARTS) is 1. The Morgan fingerprint density at radius 3 is 3.11 bits per heavy atom. The molecular formula is C12H20N4O3. The van der Waals surface area contributed by atoms with Gasteiger partial charge in [-0.15, -0.1) is 0 Å². The lowest BCUT2D eigenvalue weighted by atomic mass is 9.91. The Bertz CT molecular complexity index is 396. The SMILES string of the molecule is CCOCCN1C[C@@H](CC(=O)O)[C@@H](c2cn[nH]n2)C1. The molecule has 0 aromatic carbocycles. The Labute approximate surface area is 111 Å². The number of carboxylic acids is 1. The molecule has 2 atom stereocenters. The highest BCUT2D eigenvalue weighted by molar-refractivity contribution is 5.67. The zero-order valence-electron chi connectivity index (χ0n) is 11.1. The molecule has 0 spiro atoms. The molecule has 1 aromatic heterocycles. The number of ether oxygens (including phenoxy) is 1. The minimum atomic E-state index is -0.759. The van der Waals surface area contributed by atoms with Crippen molar-refractivity contribution >= 4 is 5.97 Å². The van der Waals surface area contributed by atoms with Crippen molar-refractivity contribution < 1.29 is 14.6 Å². The van der Waals surface area contributed by atoms with Crippen LogP contribution in [0, 0.1) is 5.92 Å². The lowest BCUT2D eigenvalue weighted by Gasteiger charge is -2.14. The quantitative estimate of drug-likeness (QED) is 0.692. The minimum absolute atomic E-state index is 0.0872. The van der Waals surface area contributed by atoms with Crippen LogP contribution in [0.1, 0.15) is 25.0 Å². The van der Waals surface area contributed by atoms with Crippen molar-refractivity contribution in [2.24, 2.45) is 5.92 Å². The van der Waals surface area contributed by atoms with Gasteiger partial charge in [0.1, 0.15) is 0 Å². The summed E-state index contributed by atoms with van der Waals surface area (Å²) >= 11 is 0. The highest BCUT2D eigenvalue weighted by atomic mass is 16.5. The molecule has 0 radical (unpaired) electrons. The fourth-order valence-corrected chi connectivity index (χ4v) is 2.64. The van der Waals surface area contributed by atoms with Gasteiger partial charge < -0.3 is 14.7 Å². The third-order valence-corrected chi connectivity index (χ3v) is 3.52. The number of aromatic amines is 1. The highest BCUT2D eigenvalue weighted by Crippen LogP contribution is 2.33. The summed E-state index contributed by atoms with van der Waals surface area (Å²) in [4.78, 5) is 13.2. The number of hydrogen-bond acceptors (Lipinski definition) is 5. The average Bonchev–Trinajstić information content (AvgIpc) is 2.98. The molecule has 7 heteroatoms. The van der Waals surface area contributed by atoms with Crippen molar-refractivity contribution in [1.29, 1.82) is 0 Å². The van der Waals surface area contributed by atoms with Gasteiger partial charge in [-0.3, -0.25) is 4.79 Å². The minimum Gasteiger partial charge on any atom is -0.481 e. The number of hydrogen-bond donors (Lipinski definition) is 2. The van der Waals surface area contributed by atoms with Crippen LogP contribution >= 0.6 is 0 Å². The average molecular weight is 268 g/mol. The van der Waals surface area contributed by atoms with Gasteiger partial charge >= 0.3 is 5.97 Å². The number of H-pyrrole nitrogens is 1. The largest absolute Gasteiger partial charge is 0.481 e. The molecule has 2 rings (SSSR count). The van der Waals surface area contributed by atoms with Gasteiger partial charge in [0.15, 0.2) is 0 Å². The van der Waals surface area contributed by atoms with Crippen LogP contribution in [0.5, 0.6) is 0 Å². The molecule has 1 fully saturated rings. The summed E-state index contributed by atoms with van der Waals surface area (Å²) in [6.07, 6.45) is 1.86. The molecule has 7 nitrogen and oxygen atoms in total. The fraction of sp³-hybridized carbons (Fsp3) is 0.750. The summed E-state index contributed by atoms with van der Waals surface area (Å²) < 4.78 is 5.35. The smallest absolute Gasteiger partial charge is 0.303 e. The number of nitrogens with one attached hydrogen (secondary N) is 1. The van der Waals surface area contributed by atoms with Gasteiger partial charge in [0.25, 0.3) is 0 Å². The van der Waals surface area contributed by atoms with Crippen molar-refractivity contribution in [3.8, 4) is 0 Å². The predicted octanol–water partition coefficient (Wildman–Crippen LogP) is 0.331. The molecule has 19 heavy (non-hydrogen) atoms. The third-order valence-electron chi connectivity index (χ3n) is 3.52. The first-order valence-corrected chi connectivity index (χ1v) is 6.58. The van der Waals surface area contributed by atoms with E-state index in [4.69, 9.17) is 9.84 Å². The summed E-state index contributed by atoms with van der Waals surface area (Å²) in [7, 11) is 0. The highest BCUT2D eigenvalue weighted by Gasteiger charge is 2.36. The van der Waals surface area contributed by atoms with E-state index in [1.165, 1.54) is 0 Å². The van der Waals surface area contributed by atoms with E-state index in [1.54, 1.807) is 6.20 Å². The van der Waals surface area contributed by atoms with E-state index in [9.17, 15) is 4.79 Å². The van der Waals surface area contributed by atoms with Crippen LogP contribution < -0.4 is 0 Å². The Hall–Kier alpha value is -1.47. The lowest BCUT2D eigenvalue weighted by Crippen LogP contribution is -2.25. The molecule has 1 saturated heterocycles. The number of aromatic nitrogens is 3. The number of carbonyl (C=O) groups is 1. The van der Waals surface area contributed by atoms with Crippen molar-refractivity contribution in [2.45, 2.75) is 19.3 Å². The summed E-state index contributed by atoms with van der Waals surface area (Å²) in [5.74, 6) is -0.536. The first-order chi connectivity index (χ1) is 9.20. The van der Waals surface area contributed by atoms with E-state index in [0.29, 0.717) is 13.2 Å². The van der Waals surface area contributed by atoms with Crippen LogP contribution in [-0.4, -0.2) is 64.2 Å². The van der Waals surface area contributed by atoms with Gasteiger partial charge in [0.2, 0.25) is 0 Å². The zero-order valence-corrected chi connectivity index (χ0v) is 11.1. The summed E-state index contributed by atoms with van der Waals surface area (Å²) in [5.41, 5.74) is 0.852. The number of aliphatic carboxylic acids is 1. The number of rotatable bonds is 7. The molecule has 1 aromatic rings. The second kappa shape index (κ2) is 6.63. The maximum atomic E-state index is 11.0. The maximum absolute atomic E-state index is 11.0. The molecule has 106 valence electrons. The summed E-state index contributed by atoms with van der Waals surface area (Å²) in [6, 6.07) is 0. The van der Waals surface area contributed by atoms with Gasteiger partial charge in [-0.1, -0.05) is 0 Å². The number of nitrogens with zero attached hydrogens (tertiary/aromatic N) is 3. The molecule has 2 heterocycles. The Balaban J connectivity index is 1.96. The molecule has 1 aliphatic rings. The normalized spacial score (nSPS) is 23.8. The standard InChI is InChI=1S/C12H20N4O3/c1-2-19-4-3-16-7-9(5-12(17)18)10(8-16)11-6-13-15-14-11/h6,9-10H,2-5,7-8H2,1H3,(H,17,18)(H,13,14,15)/t9-,10+/m1/s1. The molecule has 0 bridgehead atoms. The second-order valence-corrected chi connectivity index (χ2v) is 4.82. The second-order valence-electron chi connectivity index (χ2n) is 4.82. The first-order valence-electron chi connectivity index (χ1n) is 6.58. The predicted molar refractivity (Wildman–Crippen MR) is 67.8 cm³/mol. The number of likely N-dealkylation sites (tertiary alicyclic amines) is 1. The van der Waals surface area contributed by atoms with Crippen molar-refractivity contribution in [2.75, 3.05) is 32.8 Å². The van der Waals surface area contributed by atoms with Gasteiger partial charge in [-0.25, -0.2) is 0 Å². The molecular weight excluding hydrogens is 248 g/mol. The van der Waals surface area contributed by atoms with Gasteiger partial charge in [0.05, 0.1) is 24.9 Å². The van der Waals surface area contributed by atoms with E-state index in [-0.39, 0.29) is 18.3 Å². The maximum Gasteiger partial charge on any atom is 0.303 e. The Morgan fingerprint density at radius 2 is 2.47 bits per heavy atom. The molecule has 0 unspecified atom stereocenters. The van der Waals surface area contributed by atoms with E-state index < -0.39 is 5.97 Å². The fourth-order valence-electron chi connectivity index (χ4n) is 2.64. The Morgan fingerprint density at radius 1 is 1.63 bits per heavy atom. The van der Waals surface area contributed by atoms with Crippen LogP contribution in [0.3, 0.4) is 0 Å². The molecule has 0 saturated carbocycles. The molecule has 0 aliphatic carbocycles. The first kappa shape index (κ1) is 14.0. The Kier molecular flexibility index (Phi) is 4.86. The van der Waals surface area contributed by atoms with E-state index in [0.717, 1.165) is 25.3 Å². The summed E-state index contributed by atoms with van der Waals surface area (Å²) in [6.45, 7) is 5.78. The zero-order chi connectivity index (χ0) is 13.7. The van der Waals surface area contributed by atoms with E-state index in [2.05, 4.69) is 20.3 Å². The van der Waals surface area contributed by atoms with Gasteiger partial charge in [0, 0.05) is 32.2 Å². The van der Waals surface area contributed by atoms with Crippen molar-refractivity contribution in [3.63, 3.8) is 0 Å². The van der Waals surface area contributed by atoms with Crippen LogP contribution in [-0.2, 0) is 9.53 Å². The monoisotopic (exact) mass is 268 g/mol. The van der Waals surface area contributed by atoms with E-state index in [1.807, 2.05) is 6.92 Å². The topological polar surface area (TPSA) is 91.3 Å². The van der Waals surface area contributed by atoms with Gasteiger partial charge in [-0.05, 0) is 12.8 Å². The third kappa shape index (κ3) is 3.74. The van der Waals surface area contributed by atoms with Crippen LogP contribution in [0.2, 0.25) is 0 Å². The molecule has 0 amide bonds. The van der Waals surface area contributed by atoms with Crippen molar-refractivity contribution in [3.05, 3.63) is 11.9 Å². The molecule has 1 aliphatic heterocycles. The molecule has 2 N–H and O–H groups in total. The van der Waals surface area contributed by atoms with Gasteiger partial charge in [-0.2, -0.15) is 15.4 Å². The lowest BCUT2D eigenvalue weighted by molar-refractivity contribution is -0.138. The van der Waals surface area contributed by atoms with Crippen LogP contribution in [0.25, 0.3) is 0 Å². The van der Waals surface area contributed by atoms with Crippen LogP contribution in [0.15, 0.2) is 6.20 Å². The van der Waals surface area contributed by atoms with Crippen LogP contribution in [0.4, 0.5) is 0 Å². The van der Waals surface area contributed by atoms with E-state index >= 15 is 0 Å². The van der Waals surface area contributed by atoms with Crippen molar-refractivity contribution in [1.82, 2.24) is 20.3 Å².